The number of imidazole rings is 1. The fourth-order valence-electron chi connectivity index (χ4n) is 1.91. The number of rotatable bonds is 9. The van der Waals surface area contributed by atoms with Gasteiger partial charge in [-0.1, -0.05) is 13.8 Å². The highest BCUT2D eigenvalue weighted by Gasteiger charge is 2.30. The highest BCUT2D eigenvalue weighted by Crippen LogP contribution is 2.05. The molecular weight excluding hydrogens is 323 g/mol. The number of H-pyrrole nitrogens is 1. The van der Waals surface area contributed by atoms with Gasteiger partial charge in [-0.05, 0) is 5.92 Å². The first kappa shape index (κ1) is 19.3. The summed E-state index contributed by atoms with van der Waals surface area (Å²) in [6.07, 6.45) is 2.05. The molecule has 0 radical (unpaired) electrons. The zero-order valence-electron chi connectivity index (χ0n) is 13.2. The van der Waals surface area contributed by atoms with Gasteiger partial charge in [-0.3, -0.25) is 19.2 Å². The van der Waals surface area contributed by atoms with Gasteiger partial charge in [0.15, 0.2) is 11.6 Å². The number of Topliss-reactive ketones (excluding diaryl/α,β-unsaturated/α-hetero) is 1. The molecule has 2 atom stereocenters. The van der Waals surface area contributed by atoms with Crippen molar-refractivity contribution >= 4 is 23.6 Å². The van der Waals surface area contributed by atoms with Crippen LogP contribution in [0.1, 0.15) is 30.9 Å². The van der Waals surface area contributed by atoms with Gasteiger partial charge in [0.25, 0.3) is 5.91 Å². The summed E-state index contributed by atoms with van der Waals surface area (Å²) in [5, 5.41) is 13.4. The van der Waals surface area contributed by atoms with Crippen molar-refractivity contribution in [3.05, 3.63) is 18.2 Å². The lowest BCUT2D eigenvalue weighted by atomic mass is 10.0. The fourth-order valence-corrected chi connectivity index (χ4v) is 1.91. The highest BCUT2D eigenvalue weighted by atomic mass is 19.1. The average molecular weight is 342 g/mol. The molecule has 0 spiro atoms. The largest absolute Gasteiger partial charge is 0.481 e. The molecule has 1 aromatic rings. The van der Waals surface area contributed by atoms with Crippen LogP contribution in [0.15, 0.2) is 12.4 Å². The van der Waals surface area contributed by atoms with Gasteiger partial charge in [-0.15, -0.1) is 0 Å². The highest BCUT2D eigenvalue weighted by molar-refractivity contribution is 5.97. The zero-order valence-corrected chi connectivity index (χ0v) is 13.2. The van der Waals surface area contributed by atoms with Crippen molar-refractivity contribution < 1.29 is 28.7 Å². The molecule has 0 bridgehead atoms. The van der Waals surface area contributed by atoms with Crippen molar-refractivity contribution in [3.63, 3.8) is 0 Å². The Morgan fingerprint density at radius 1 is 1.29 bits per heavy atom. The van der Waals surface area contributed by atoms with E-state index in [-0.39, 0.29) is 11.7 Å². The van der Waals surface area contributed by atoms with Crippen molar-refractivity contribution in [2.24, 2.45) is 5.92 Å². The number of ketones is 1. The van der Waals surface area contributed by atoms with E-state index in [1.165, 1.54) is 12.4 Å². The standard InChI is InChI=1S/C14H19FN4O5/c1-7(2)11(19-14(24)12-16-3-4-17-12)13(23)18-8(5-10(21)22)9(20)6-15/h3-4,7-8,11H,5-6H2,1-2H3,(H,16,17)(H,18,23)(H,19,24)(H,21,22). The number of nitrogens with one attached hydrogen (secondary N) is 3. The first-order valence-electron chi connectivity index (χ1n) is 7.17. The van der Waals surface area contributed by atoms with Gasteiger partial charge in [0.05, 0.1) is 6.42 Å². The van der Waals surface area contributed by atoms with Crippen LogP contribution in [-0.2, 0) is 14.4 Å². The molecule has 0 saturated carbocycles. The fraction of sp³-hybridized carbons (Fsp3) is 0.500. The maximum Gasteiger partial charge on any atom is 0.305 e. The van der Waals surface area contributed by atoms with E-state index in [0.29, 0.717) is 0 Å². The minimum atomic E-state index is -1.50. The molecule has 1 aromatic heterocycles. The van der Waals surface area contributed by atoms with Crippen molar-refractivity contribution in [3.8, 4) is 0 Å². The van der Waals surface area contributed by atoms with Crippen molar-refractivity contribution in [1.29, 1.82) is 0 Å². The van der Waals surface area contributed by atoms with E-state index in [1.807, 2.05) is 0 Å². The number of aromatic nitrogens is 2. The first-order valence-corrected chi connectivity index (χ1v) is 7.17. The molecular formula is C14H19FN4O5. The summed E-state index contributed by atoms with van der Waals surface area (Å²) >= 11 is 0. The number of carboxylic acids is 1. The van der Waals surface area contributed by atoms with E-state index >= 15 is 0 Å². The summed E-state index contributed by atoms with van der Waals surface area (Å²) in [6, 6.07) is -2.55. The molecule has 132 valence electrons. The van der Waals surface area contributed by atoms with E-state index in [0.717, 1.165) is 0 Å². The minimum absolute atomic E-state index is 0.00429. The molecule has 0 aromatic carbocycles. The second-order valence-electron chi connectivity index (χ2n) is 5.39. The summed E-state index contributed by atoms with van der Waals surface area (Å²) in [5.74, 6) is -4.20. The molecule has 0 aliphatic rings. The van der Waals surface area contributed by atoms with Crippen LogP contribution >= 0.6 is 0 Å². The number of carbonyl (C=O) groups excluding carboxylic acids is 3. The van der Waals surface area contributed by atoms with Crippen LogP contribution in [0.2, 0.25) is 0 Å². The first-order chi connectivity index (χ1) is 11.3. The number of carbonyl (C=O) groups is 4. The number of amides is 2. The molecule has 2 amide bonds. The third-order valence-electron chi connectivity index (χ3n) is 3.16. The van der Waals surface area contributed by atoms with Gasteiger partial charge in [0.2, 0.25) is 5.91 Å². The SMILES string of the molecule is CC(C)C(NC(=O)c1ncc[nH]1)C(=O)NC(CC(=O)O)C(=O)CF. The Labute approximate surface area is 137 Å². The van der Waals surface area contributed by atoms with Crippen LogP contribution in [0.4, 0.5) is 4.39 Å². The summed E-state index contributed by atoms with van der Waals surface area (Å²) in [6.45, 7) is 1.90. The lowest BCUT2D eigenvalue weighted by Gasteiger charge is -2.23. The van der Waals surface area contributed by atoms with Crippen molar-refractivity contribution in [2.75, 3.05) is 6.67 Å². The van der Waals surface area contributed by atoms with Gasteiger partial charge in [0, 0.05) is 12.4 Å². The monoisotopic (exact) mass is 342 g/mol. The third kappa shape index (κ3) is 5.45. The number of alkyl halides is 1. The van der Waals surface area contributed by atoms with E-state index in [1.54, 1.807) is 13.8 Å². The number of aromatic amines is 1. The van der Waals surface area contributed by atoms with Gasteiger partial charge in [-0.25, -0.2) is 9.37 Å². The summed E-state index contributed by atoms with van der Waals surface area (Å²) in [4.78, 5) is 52.7. The molecule has 9 nitrogen and oxygen atoms in total. The molecule has 10 heteroatoms. The molecule has 2 unspecified atom stereocenters. The normalized spacial score (nSPS) is 13.2. The Kier molecular flexibility index (Phi) is 7.02. The van der Waals surface area contributed by atoms with E-state index < -0.39 is 48.7 Å². The quantitative estimate of drug-likeness (QED) is 0.484. The van der Waals surface area contributed by atoms with Crippen LogP contribution in [0.3, 0.4) is 0 Å². The number of hydrogen-bond donors (Lipinski definition) is 4. The van der Waals surface area contributed by atoms with Gasteiger partial charge in [0.1, 0.15) is 18.8 Å². The molecule has 4 N–H and O–H groups in total. The maximum absolute atomic E-state index is 12.5. The Balaban J connectivity index is 2.82. The minimum Gasteiger partial charge on any atom is -0.481 e. The molecule has 1 heterocycles. The molecule has 0 aliphatic heterocycles. The third-order valence-corrected chi connectivity index (χ3v) is 3.16. The predicted octanol–water partition coefficient (Wildman–Crippen LogP) is -0.338. The molecule has 0 saturated heterocycles. The predicted molar refractivity (Wildman–Crippen MR) is 79.8 cm³/mol. The van der Waals surface area contributed by atoms with Gasteiger partial charge in [-0.2, -0.15) is 0 Å². The topological polar surface area (TPSA) is 141 Å². The second kappa shape index (κ2) is 8.75. The number of hydrogen-bond acceptors (Lipinski definition) is 5. The molecule has 0 aliphatic carbocycles. The number of carboxylic acid groups (broad SMARTS) is 1. The van der Waals surface area contributed by atoms with Crippen LogP contribution < -0.4 is 10.6 Å². The number of halogens is 1. The maximum atomic E-state index is 12.5. The van der Waals surface area contributed by atoms with E-state index in [4.69, 9.17) is 5.11 Å². The summed E-state index contributed by atoms with van der Waals surface area (Å²) < 4.78 is 12.5. The summed E-state index contributed by atoms with van der Waals surface area (Å²) in [7, 11) is 0. The number of nitrogens with zero attached hydrogens (tertiary/aromatic N) is 1. The summed E-state index contributed by atoms with van der Waals surface area (Å²) in [5.41, 5.74) is 0. The Bertz CT molecular complexity index is 602. The molecule has 0 fully saturated rings. The Hall–Kier alpha value is -2.78. The van der Waals surface area contributed by atoms with Crippen LogP contribution in [-0.4, -0.2) is 57.4 Å². The zero-order chi connectivity index (χ0) is 18.3. The smallest absolute Gasteiger partial charge is 0.305 e. The Morgan fingerprint density at radius 2 is 1.96 bits per heavy atom. The lowest BCUT2D eigenvalue weighted by Crippen LogP contribution is -2.54. The second-order valence-corrected chi connectivity index (χ2v) is 5.39. The van der Waals surface area contributed by atoms with Gasteiger partial charge < -0.3 is 20.7 Å². The van der Waals surface area contributed by atoms with Gasteiger partial charge >= 0.3 is 5.97 Å². The van der Waals surface area contributed by atoms with Crippen LogP contribution in [0.25, 0.3) is 0 Å². The van der Waals surface area contributed by atoms with Crippen LogP contribution in [0, 0.1) is 5.92 Å². The average Bonchev–Trinajstić information content (AvgIpc) is 3.04. The van der Waals surface area contributed by atoms with Crippen molar-refractivity contribution in [2.45, 2.75) is 32.4 Å². The van der Waals surface area contributed by atoms with Crippen LogP contribution in [0.5, 0.6) is 0 Å². The van der Waals surface area contributed by atoms with E-state index in [9.17, 15) is 23.6 Å². The molecule has 24 heavy (non-hydrogen) atoms. The lowest BCUT2D eigenvalue weighted by molar-refractivity contribution is -0.140. The van der Waals surface area contributed by atoms with Crippen molar-refractivity contribution in [1.82, 2.24) is 20.6 Å². The number of aliphatic carboxylic acids is 1. The van der Waals surface area contributed by atoms with E-state index in [2.05, 4.69) is 20.6 Å². The molecule has 1 rings (SSSR count). The Morgan fingerprint density at radius 3 is 2.42 bits per heavy atom.